The predicted octanol–water partition coefficient (Wildman–Crippen LogP) is 2.89. The van der Waals surface area contributed by atoms with Gasteiger partial charge in [0, 0.05) is 18.9 Å². The van der Waals surface area contributed by atoms with Crippen molar-refractivity contribution < 1.29 is 24.0 Å². The highest BCUT2D eigenvalue weighted by Gasteiger charge is 2.32. The van der Waals surface area contributed by atoms with Crippen molar-refractivity contribution in [2.24, 2.45) is 0 Å². The third kappa shape index (κ3) is 4.57. The van der Waals surface area contributed by atoms with Gasteiger partial charge in [-0.3, -0.25) is 9.59 Å². The number of benzene rings is 2. The van der Waals surface area contributed by atoms with Crippen LogP contribution in [-0.2, 0) is 25.8 Å². The van der Waals surface area contributed by atoms with Gasteiger partial charge in [-0.05, 0) is 29.3 Å². The number of carbonyl (C=O) groups is 3. The fourth-order valence-electron chi connectivity index (χ4n) is 2.36. The highest BCUT2D eigenvalue weighted by Crippen LogP contribution is 2.16. The van der Waals surface area contributed by atoms with Crippen LogP contribution >= 0.6 is 0 Å². The Morgan fingerprint density at radius 2 is 1.62 bits per heavy atom. The fraction of sp³-hybridized carbons (Fsp3) is 0.150. The van der Waals surface area contributed by atoms with E-state index in [4.69, 9.17) is 9.57 Å². The van der Waals surface area contributed by atoms with Crippen molar-refractivity contribution in [2.75, 3.05) is 0 Å². The zero-order chi connectivity index (χ0) is 18.4. The Morgan fingerprint density at radius 3 is 2.27 bits per heavy atom. The molecule has 0 spiro atoms. The Kier molecular flexibility index (Phi) is 5.43. The third-order valence-corrected chi connectivity index (χ3v) is 3.73. The molecule has 2 aromatic rings. The van der Waals surface area contributed by atoms with E-state index in [0.717, 1.165) is 11.1 Å². The molecule has 1 saturated heterocycles. The Morgan fingerprint density at radius 1 is 0.962 bits per heavy atom. The largest absolute Gasteiger partial charge is 0.489 e. The van der Waals surface area contributed by atoms with E-state index in [1.54, 1.807) is 24.3 Å². The molecule has 1 fully saturated rings. The van der Waals surface area contributed by atoms with E-state index in [-0.39, 0.29) is 12.8 Å². The molecule has 6 nitrogen and oxygen atoms in total. The average Bonchev–Trinajstić information content (AvgIpc) is 2.98. The second-order valence-corrected chi connectivity index (χ2v) is 5.67. The maximum absolute atomic E-state index is 11.7. The maximum atomic E-state index is 11.7. The number of amides is 2. The van der Waals surface area contributed by atoms with Gasteiger partial charge in [-0.1, -0.05) is 42.5 Å². The summed E-state index contributed by atoms with van der Waals surface area (Å²) in [5.74, 6) is -1.08. The van der Waals surface area contributed by atoms with Gasteiger partial charge in [-0.15, -0.1) is 5.06 Å². The molecule has 0 atom stereocenters. The number of imide groups is 1. The highest BCUT2D eigenvalue weighted by atomic mass is 16.7. The molecule has 0 unspecified atom stereocenters. The minimum absolute atomic E-state index is 0.0697. The normalized spacial score (nSPS) is 14.1. The van der Waals surface area contributed by atoms with Crippen molar-refractivity contribution in [3.63, 3.8) is 0 Å². The summed E-state index contributed by atoms with van der Waals surface area (Å²) in [7, 11) is 0. The molecule has 3 rings (SSSR count). The van der Waals surface area contributed by atoms with Crippen molar-refractivity contribution in [2.45, 2.75) is 19.4 Å². The number of ether oxygens (including phenoxy) is 1. The van der Waals surface area contributed by atoms with Crippen LogP contribution < -0.4 is 4.74 Å². The Bertz CT molecular complexity index is 811. The summed E-state index contributed by atoms with van der Waals surface area (Å²) < 4.78 is 5.69. The van der Waals surface area contributed by atoms with Crippen molar-refractivity contribution in [1.82, 2.24) is 5.06 Å². The minimum atomic E-state index is -0.780. The highest BCUT2D eigenvalue weighted by molar-refractivity contribution is 6.02. The van der Waals surface area contributed by atoms with Crippen LogP contribution in [0.2, 0.25) is 0 Å². The molecule has 0 N–H and O–H groups in total. The van der Waals surface area contributed by atoms with Crippen LogP contribution in [0, 0.1) is 0 Å². The predicted molar refractivity (Wildman–Crippen MR) is 93.4 cm³/mol. The number of rotatable bonds is 6. The lowest BCUT2D eigenvalue weighted by molar-refractivity contribution is -0.193. The first-order valence-corrected chi connectivity index (χ1v) is 8.14. The van der Waals surface area contributed by atoms with E-state index in [1.807, 2.05) is 30.3 Å². The van der Waals surface area contributed by atoms with E-state index < -0.39 is 17.8 Å². The molecule has 0 saturated carbocycles. The molecule has 1 heterocycles. The standard InChI is InChI=1S/C20H17NO5/c22-18-11-12-19(23)21(18)26-20(24)13-8-15-6-9-17(10-7-15)25-14-16-4-2-1-3-5-16/h1-10,13H,11-12,14H2/b13-8+. The quantitative estimate of drug-likeness (QED) is 0.591. The van der Waals surface area contributed by atoms with Crippen LogP contribution in [0.25, 0.3) is 6.08 Å². The molecule has 26 heavy (non-hydrogen) atoms. The first-order valence-electron chi connectivity index (χ1n) is 8.14. The molecule has 2 amide bonds. The van der Waals surface area contributed by atoms with Gasteiger partial charge in [0.05, 0.1) is 0 Å². The zero-order valence-corrected chi connectivity index (χ0v) is 14.0. The van der Waals surface area contributed by atoms with Gasteiger partial charge in [-0.2, -0.15) is 0 Å². The minimum Gasteiger partial charge on any atom is -0.489 e. The van der Waals surface area contributed by atoms with Crippen molar-refractivity contribution in [3.8, 4) is 5.75 Å². The zero-order valence-electron chi connectivity index (χ0n) is 14.0. The summed E-state index contributed by atoms with van der Waals surface area (Å²) in [6, 6.07) is 17.0. The summed E-state index contributed by atoms with van der Waals surface area (Å²) in [6.45, 7) is 0.472. The second kappa shape index (κ2) is 8.11. The fourth-order valence-corrected chi connectivity index (χ4v) is 2.36. The third-order valence-electron chi connectivity index (χ3n) is 3.73. The summed E-state index contributed by atoms with van der Waals surface area (Å²) in [5, 5.41) is 0.521. The van der Waals surface area contributed by atoms with Crippen LogP contribution in [0.4, 0.5) is 0 Å². The molecule has 0 aliphatic carbocycles. The first kappa shape index (κ1) is 17.4. The second-order valence-electron chi connectivity index (χ2n) is 5.67. The SMILES string of the molecule is O=C(/C=C/c1ccc(OCc2ccccc2)cc1)ON1C(=O)CCC1=O. The summed E-state index contributed by atoms with van der Waals surface area (Å²) >= 11 is 0. The molecule has 0 radical (unpaired) electrons. The smallest absolute Gasteiger partial charge is 0.356 e. The summed E-state index contributed by atoms with van der Waals surface area (Å²) in [4.78, 5) is 39.2. The van der Waals surface area contributed by atoms with Gasteiger partial charge in [0.15, 0.2) is 0 Å². The Labute approximate surface area is 150 Å². The number of hydrogen-bond donors (Lipinski definition) is 0. The van der Waals surface area contributed by atoms with Crippen LogP contribution in [0.15, 0.2) is 60.7 Å². The van der Waals surface area contributed by atoms with Gasteiger partial charge >= 0.3 is 5.97 Å². The van der Waals surface area contributed by atoms with E-state index in [2.05, 4.69) is 0 Å². The molecule has 132 valence electrons. The first-order chi connectivity index (χ1) is 12.6. The summed E-state index contributed by atoms with van der Waals surface area (Å²) in [5.41, 5.74) is 1.83. The van der Waals surface area contributed by atoms with Crippen LogP contribution in [0.5, 0.6) is 5.75 Å². The van der Waals surface area contributed by atoms with Crippen molar-refractivity contribution >= 4 is 23.9 Å². The van der Waals surface area contributed by atoms with Crippen LogP contribution in [-0.4, -0.2) is 22.8 Å². The average molecular weight is 351 g/mol. The molecular formula is C20H17NO5. The van der Waals surface area contributed by atoms with Gasteiger partial charge in [0.1, 0.15) is 12.4 Å². The van der Waals surface area contributed by atoms with E-state index >= 15 is 0 Å². The lowest BCUT2D eigenvalue weighted by Crippen LogP contribution is -2.31. The van der Waals surface area contributed by atoms with Crippen LogP contribution in [0.3, 0.4) is 0 Å². The van der Waals surface area contributed by atoms with Crippen molar-refractivity contribution in [3.05, 3.63) is 71.8 Å². The molecule has 0 aromatic heterocycles. The van der Waals surface area contributed by atoms with Gasteiger partial charge in [0.2, 0.25) is 0 Å². The van der Waals surface area contributed by atoms with E-state index in [1.165, 1.54) is 12.2 Å². The van der Waals surface area contributed by atoms with Gasteiger partial charge in [-0.25, -0.2) is 4.79 Å². The lowest BCUT2D eigenvalue weighted by Gasteiger charge is -2.10. The van der Waals surface area contributed by atoms with Gasteiger partial charge in [0.25, 0.3) is 11.8 Å². The molecule has 6 heteroatoms. The van der Waals surface area contributed by atoms with Crippen LogP contribution in [0.1, 0.15) is 24.0 Å². The molecular weight excluding hydrogens is 334 g/mol. The van der Waals surface area contributed by atoms with Crippen molar-refractivity contribution in [1.29, 1.82) is 0 Å². The molecule has 1 aliphatic rings. The van der Waals surface area contributed by atoms with E-state index in [0.29, 0.717) is 17.4 Å². The number of nitrogens with zero attached hydrogens (tertiary/aromatic N) is 1. The monoisotopic (exact) mass is 351 g/mol. The molecule has 0 bridgehead atoms. The molecule has 2 aromatic carbocycles. The summed E-state index contributed by atoms with van der Waals surface area (Å²) in [6.07, 6.45) is 2.84. The Balaban J connectivity index is 1.52. The number of carbonyl (C=O) groups excluding carboxylic acids is 3. The lowest BCUT2D eigenvalue weighted by atomic mass is 10.2. The Hall–Kier alpha value is -3.41. The number of hydroxylamine groups is 2. The van der Waals surface area contributed by atoms with Gasteiger partial charge < -0.3 is 9.57 Å². The topological polar surface area (TPSA) is 72.9 Å². The van der Waals surface area contributed by atoms with E-state index in [9.17, 15) is 14.4 Å². The molecule has 1 aliphatic heterocycles. The number of hydrogen-bond acceptors (Lipinski definition) is 5. The maximum Gasteiger partial charge on any atom is 0.356 e.